The molecule has 1 aliphatic rings. The molecule has 0 aliphatic carbocycles. The Morgan fingerprint density at radius 3 is 2.43 bits per heavy atom. The monoisotopic (exact) mass is 213 g/mol. The van der Waals surface area contributed by atoms with Crippen LogP contribution in [-0.4, -0.2) is 37.8 Å². The topological polar surface area (TPSA) is 53.3 Å². The summed E-state index contributed by atoms with van der Waals surface area (Å²) in [5, 5.41) is 0. The molecule has 2 heterocycles. The molecule has 0 radical (unpaired) electrons. The van der Waals surface area contributed by atoms with Crippen molar-refractivity contribution in [3.05, 3.63) is 24.5 Å². The SMILES string of the molecule is CN(c1ccncc1)S(=O)(=O)N1CC1. The van der Waals surface area contributed by atoms with Gasteiger partial charge in [-0.05, 0) is 12.1 Å². The van der Waals surface area contributed by atoms with Gasteiger partial charge in [-0.25, -0.2) is 0 Å². The van der Waals surface area contributed by atoms with Crippen molar-refractivity contribution in [2.24, 2.45) is 0 Å². The van der Waals surface area contributed by atoms with Crippen LogP contribution in [0.15, 0.2) is 24.5 Å². The smallest absolute Gasteiger partial charge is 0.265 e. The van der Waals surface area contributed by atoms with Crippen molar-refractivity contribution in [1.82, 2.24) is 9.29 Å². The molecule has 0 bridgehead atoms. The molecule has 0 aromatic carbocycles. The lowest BCUT2D eigenvalue weighted by Gasteiger charge is -2.18. The molecule has 1 aliphatic heterocycles. The number of pyridine rings is 1. The molecule has 0 atom stereocenters. The van der Waals surface area contributed by atoms with Crippen LogP contribution in [0.5, 0.6) is 0 Å². The van der Waals surface area contributed by atoms with E-state index in [9.17, 15) is 8.42 Å². The van der Waals surface area contributed by atoms with Crippen LogP contribution in [0, 0.1) is 0 Å². The van der Waals surface area contributed by atoms with Crippen LogP contribution in [0.1, 0.15) is 0 Å². The zero-order valence-electron chi connectivity index (χ0n) is 7.79. The molecule has 76 valence electrons. The quantitative estimate of drug-likeness (QED) is 0.668. The Morgan fingerprint density at radius 2 is 1.93 bits per heavy atom. The van der Waals surface area contributed by atoms with Crippen molar-refractivity contribution >= 4 is 15.9 Å². The molecule has 2 rings (SSSR count). The van der Waals surface area contributed by atoms with Crippen LogP contribution in [0.4, 0.5) is 5.69 Å². The van der Waals surface area contributed by atoms with E-state index in [1.807, 2.05) is 0 Å². The summed E-state index contributed by atoms with van der Waals surface area (Å²) in [5.41, 5.74) is 0.631. The summed E-state index contributed by atoms with van der Waals surface area (Å²) in [6.07, 6.45) is 3.15. The fraction of sp³-hybridized carbons (Fsp3) is 0.375. The summed E-state index contributed by atoms with van der Waals surface area (Å²) in [6.45, 7) is 1.25. The van der Waals surface area contributed by atoms with Crippen LogP contribution in [0.25, 0.3) is 0 Å². The van der Waals surface area contributed by atoms with Gasteiger partial charge < -0.3 is 0 Å². The first-order chi connectivity index (χ1) is 6.62. The number of hydrogen-bond donors (Lipinski definition) is 0. The van der Waals surface area contributed by atoms with Crippen LogP contribution >= 0.6 is 0 Å². The van der Waals surface area contributed by atoms with E-state index in [-0.39, 0.29) is 0 Å². The number of nitrogens with zero attached hydrogens (tertiary/aromatic N) is 3. The summed E-state index contributed by atoms with van der Waals surface area (Å²) in [4.78, 5) is 3.84. The van der Waals surface area contributed by atoms with Crippen molar-refractivity contribution in [2.75, 3.05) is 24.4 Å². The Balaban J connectivity index is 2.28. The van der Waals surface area contributed by atoms with Gasteiger partial charge in [0.05, 0.1) is 5.69 Å². The van der Waals surface area contributed by atoms with E-state index in [2.05, 4.69) is 4.98 Å². The molecule has 5 nitrogen and oxygen atoms in total. The fourth-order valence-electron chi connectivity index (χ4n) is 1.13. The Kier molecular flexibility index (Phi) is 2.16. The maximum Gasteiger partial charge on any atom is 0.303 e. The molecule has 6 heteroatoms. The summed E-state index contributed by atoms with van der Waals surface area (Å²) < 4.78 is 26.1. The first kappa shape index (κ1) is 9.42. The molecule has 0 saturated carbocycles. The maximum absolute atomic E-state index is 11.7. The summed E-state index contributed by atoms with van der Waals surface area (Å²) in [6, 6.07) is 3.34. The van der Waals surface area contributed by atoms with E-state index < -0.39 is 10.2 Å². The van der Waals surface area contributed by atoms with Gasteiger partial charge >= 0.3 is 10.2 Å². The minimum Gasteiger partial charge on any atom is -0.265 e. The average Bonchev–Trinajstić information content (AvgIpc) is 3.01. The van der Waals surface area contributed by atoms with Gasteiger partial charge in [0.15, 0.2) is 0 Å². The number of rotatable bonds is 3. The second kappa shape index (κ2) is 3.21. The van der Waals surface area contributed by atoms with Gasteiger partial charge in [-0.15, -0.1) is 0 Å². The summed E-state index contributed by atoms with van der Waals surface area (Å²) >= 11 is 0. The van der Waals surface area contributed by atoms with E-state index in [1.54, 1.807) is 31.6 Å². The van der Waals surface area contributed by atoms with Crippen molar-refractivity contribution < 1.29 is 8.42 Å². The van der Waals surface area contributed by atoms with E-state index in [0.717, 1.165) is 0 Å². The Morgan fingerprint density at radius 1 is 1.36 bits per heavy atom. The van der Waals surface area contributed by atoms with E-state index in [0.29, 0.717) is 18.8 Å². The number of anilines is 1. The Bertz CT molecular complexity index is 413. The molecular formula is C8H11N3O2S. The normalized spacial score (nSPS) is 16.6. The predicted octanol–water partition coefficient (Wildman–Crippen LogP) is 0.0782. The number of hydrogen-bond acceptors (Lipinski definition) is 3. The Hall–Kier alpha value is -1.14. The van der Waals surface area contributed by atoms with Crippen molar-refractivity contribution in [3.63, 3.8) is 0 Å². The second-order valence-electron chi connectivity index (χ2n) is 3.08. The van der Waals surface area contributed by atoms with E-state index in [4.69, 9.17) is 0 Å². The third kappa shape index (κ3) is 1.58. The third-order valence-corrected chi connectivity index (χ3v) is 4.03. The largest absolute Gasteiger partial charge is 0.303 e. The van der Waals surface area contributed by atoms with Crippen LogP contribution < -0.4 is 4.31 Å². The Labute approximate surface area is 83.2 Å². The molecule has 0 amide bonds. The van der Waals surface area contributed by atoms with E-state index >= 15 is 0 Å². The predicted molar refractivity (Wildman–Crippen MR) is 53.1 cm³/mol. The molecular weight excluding hydrogens is 202 g/mol. The second-order valence-corrected chi connectivity index (χ2v) is 5.04. The maximum atomic E-state index is 11.7. The van der Waals surface area contributed by atoms with Gasteiger partial charge in [-0.3, -0.25) is 9.29 Å². The van der Waals surface area contributed by atoms with Crippen LogP contribution in [-0.2, 0) is 10.2 Å². The van der Waals surface area contributed by atoms with Gasteiger partial charge in [0.1, 0.15) is 0 Å². The lowest BCUT2D eigenvalue weighted by atomic mass is 10.4. The molecule has 1 fully saturated rings. The van der Waals surface area contributed by atoms with Gasteiger partial charge in [0, 0.05) is 32.5 Å². The zero-order chi connectivity index (χ0) is 10.2. The molecule has 0 unspecified atom stereocenters. The summed E-state index contributed by atoms with van der Waals surface area (Å²) in [5.74, 6) is 0. The highest BCUT2D eigenvalue weighted by Crippen LogP contribution is 2.21. The average molecular weight is 213 g/mol. The van der Waals surface area contributed by atoms with Crippen molar-refractivity contribution in [3.8, 4) is 0 Å². The highest BCUT2D eigenvalue weighted by atomic mass is 32.2. The van der Waals surface area contributed by atoms with Gasteiger partial charge in [-0.2, -0.15) is 12.7 Å². The zero-order valence-corrected chi connectivity index (χ0v) is 8.61. The molecule has 0 N–H and O–H groups in total. The molecule has 0 spiro atoms. The first-order valence-corrected chi connectivity index (χ1v) is 5.66. The van der Waals surface area contributed by atoms with Crippen LogP contribution in [0.3, 0.4) is 0 Å². The van der Waals surface area contributed by atoms with Crippen molar-refractivity contribution in [1.29, 1.82) is 0 Å². The van der Waals surface area contributed by atoms with Crippen LogP contribution in [0.2, 0.25) is 0 Å². The molecule has 1 saturated heterocycles. The minimum absolute atomic E-state index is 0.623. The highest BCUT2D eigenvalue weighted by molar-refractivity contribution is 7.90. The lowest BCUT2D eigenvalue weighted by molar-refractivity contribution is 0.561. The number of aromatic nitrogens is 1. The van der Waals surface area contributed by atoms with Gasteiger partial charge in [-0.1, -0.05) is 0 Å². The molecule has 14 heavy (non-hydrogen) atoms. The standard InChI is InChI=1S/C8H11N3O2S/c1-10(8-2-4-9-5-3-8)14(12,13)11-6-7-11/h2-5H,6-7H2,1H3. The van der Waals surface area contributed by atoms with Gasteiger partial charge in [0.2, 0.25) is 0 Å². The molecule has 1 aromatic rings. The van der Waals surface area contributed by atoms with E-state index in [1.165, 1.54) is 8.61 Å². The van der Waals surface area contributed by atoms with Gasteiger partial charge in [0.25, 0.3) is 0 Å². The molecule has 1 aromatic heterocycles. The minimum atomic E-state index is -3.28. The first-order valence-electron chi connectivity index (χ1n) is 4.26. The third-order valence-electron chi connectivity index (χ3n) is 2.10. The van der Waals surface area contributed by atoms with Crippen molar-refractivity contribution in [2.45, 2.75) is 0 Å². The summed E-state index contributed by atoms with van der Waals surface area (Å²) in [7, 11) is -1.74. The lowest BCUT2D eigenvalue weighted by Crippen LogP contribution is -2.32. The fourth-order valence-corrected chi connectivity index (χ4v) is 2.41. The highest BCUT2D eigenvalue weighted by Gasteiger charge is 2.35.